The van der Waals surface area contributed by atoms with Gasteiger partial charge in [-0.1, -0.05) is 18.2 Å². The number of rotatable bonds is 7. The molecule has 0 unspecified atom stereocenters. The minimum absolute atomic E-state index is 0.105. The molecule has 2 rings (SSSR count). The fraction of sp³-hybridized carbons (Fsp3) is 0.312. The number of carbonyl (C=O) groups is 1. The van der Waals surface area contributed by atoms with Crippen molar-refractivity contribution in [1.29, 1.82) is 0 Å². The van der Waals surface area contributed by atoms with Crippen LogP contribution in [-0.2, 0) is 4.79 Å². The predicted molar refractivity (Wildman–Crippen MR) is 82.7 cm³/mol. The third-order valence-corrected chi connectivity index (χ3v) is 3.18. The molecule has 1 amide bonds. The summed E-state index contributed by atoms with van der Waals surface area (Å²) in [5.74, 6) is 0.132. The van der Waals surface area contributed by atoms with E-state index in [9.17, 15) is 9.18 Å². The molecule has 22 heavy (non-hydrogen) atoms. The summed E-state index contributed by atoms with van der Waals surface area (Å²) in [5.41, 5.74) is 0.492. The van der Waals surface area contributed by atoms with Crippen molar-refractivity contribution in [2.45, 2.75) is 25.8 Å². The molecule has 0 radical (unpaired) electrons. The Balaban J connectivity index is 1.71. The number of aromatic nitrogens is 2. The average Bonchev–Trinajstić information content (AvgIpc) is 2.53. The predicted octanol–water partition coefficient (Wildman–Crippen LogP) is 2.69. The topological polar surface area (TPSA) is 66.9 Å². The summed E-state index contributed by atoms with van der Waals surface area (Å²) in [5, 5.41) is 5.83. The van der Waals surface area contributed by atoms with Crippen LogP contribution in [0.5, 0.6) is 0 Å². The third-order valence-electron chi connectivity index (χ3n) is 3.18. The van der Waals surface area contributed by atoms with Gasteiger partial charge in [-0.3, -0.25) is 4.79 Å². The first kappa shape index (κ1) is 15.9. The molecule has 0 aliphatic heterocycles. The fourth-order valence-electron chi connectivity index (χ4n) is 2.06. The van der Waals surface area contributed by atoms with Crippen molar-refractivity contribution in [3.63, 3.8) is 0 Å². The molecule has 1 aromatic carbocycles. The molecule has 0 aliphatic rings. The molecule has 0 bridgehead atoms. The Morgan fingerprint density at radius 2 is 1.95 bits per heavy atom. The van der Waals surface area contributed by atoms with Crippen LogP contribution < -0.4 is 10.6 Å². The molecule has 0 fully saturated rings. The summed E-state index contributed by atoms with van der Waals surface area (Å²) >= 11 is 0. The number of anilines is 1. The molecular weight excluding hydrogens is 283 g/mol. The van der Waals surface area contributed by atoms with Gasteiger partial charge in [-0.2, -0.15) is 0 Å². The first-order valence-corrected chi connectivity index (χ1v) is 7.21. The Morgan fingerprint density at radius 3 is 2.68 bits per heavy atom. The zero-order valence-corrected chi connectivity index (χ0v) is 12.4. The Labute approximate surface area is 129 Å². The second kappa shape index (κ2) is 8.07. The van der Waals surface area contributed by atoms with Crippen molar-refractivity contribution in [2.75, 3.05) is 11.9 Å². The van der Waals surface area contributed by atoms with Gasteiger partial charge in [0.15, 0.2) is 0 Å². The molecule has 0 aliphatic carbocycles. The lowest BCUT2D eigenvalue weighted by atomic mass is 10.1. The van der Waals surface area contributed by atoms with E-state index in [1.807, 2.05) is 0 Å². The van der Waals surface area contributed by atoms with E-state index in [-0.39, 0.29) is 17.8 Å². The quantitative estimate of drug-likeness (QED) is 0.772. The average molecular weight is 302 g/mol. The number of nitrogens with one attached hydrogen (secondary N) is 2. The summed E-state index contributed by atoms with van der Waals surface area (Å²) in [6, 6.07) is 7.84. The van der Waals surface area contributed by atoms with Crippen molar-refractivity contribution in [3.05, 3.63) is 54.1 Å². The molecule has 2 aromatic rings. The highest BCUT2D eigenvalue weighted by atomic mass is 19.1. The van der Waals surface area contributed by atoms with Crippen LogP contribution >= 0.6 is 0 Å². The zero-order valence-electron chi connectivity index (χ0n) is 12.4. The maximum atomic E-state index is 13.6. The number of hydrogen-bond acceptors (Lipinski definition) is 4. The molecule has 1 heterocycles. The molecule has 1 aromatic heterocycles. The number of halogens is 1. The number of hydrogen-bond donors (Lipinski definition) is 2. The van der Waals surface area contributed by atoms with Crippen molar-refractivity contribution < 1.29 is 9.18 Å². The molecule has 2 N–H and O–H groups in total. The van der Waals surface area contributed by atoms with Gasteiger partial charge in [-0.15, -0.1) is 0 Å². The molecule has 0 saturated heterocycles. The highest BCUT2D eigenvalue weighted by Gasteiger charge is 2.12. The molecule has 0 saturated carbocycles. The summed E-state index contributed by atoms with van der Waals surface area (Å²) in [6.45, 7) is 2.37. The number of benzene rings is 1. The monoisotopic (exact) mass is 302 g/mol. The van der Waals surface area contributed by atoms with Crippen LogP contribution in [0.3, 0.4) is 0 Å². The standard InChI is InChI=1S/C16H19FN4O/c1-12(13-6-2-3-7-14(13)17)21-15(22)8-4-9-18-16-19-10-5-11-20-16/h2-3,5-7,10-12H,4,8-9H2,1H3,(H,21,22)(H,18,19,20)/t12-/m1/s1. The lowest BCUT2D eigenvalue weighted by molar-refractivity contribution is -0.121. The molecule has 6 heteroatoms. The van der Waals surface area contributed by atoms with E-state index in [2.05, 4.69) is 20.6 Å². The molecule has 1 atom stereocenters. The van der Waals surface area contributed by atoms with E-state index >= 15 is 0 Å². The largest absolute Gasteiger partial charge is 0.354 e. The van der Waals surface area contributed by atoms with E-state index in [4.69, 9.17) is 0 Å². The van der Waals surface area contributed by atoms with Gasteiger partial charge in [0.05, 0.1) is 6.04 Å². The Kier molecular flexibility index (Phi) is 5.82. The number of nitrogens with zero attached hydrogens (tertiary/aromatic N) is 2. The van der Waals surface area contributed by atoms with Gasteiger partial charge in [0.2, 0.25) is 11.9 Å². The van der Waals surface area contributed by atoms with Crippen molar-refractivity contribution in [3.8, 4) is 0 Å². The summed E-state index contributed by atoms with van der Waals surface area (Å²) < 4.78 is 13.6. The van der Waals surface area contributed by atoms with E-state index in [0.717, 1.165) is 0 Å². The second-order valence-corrected chi connectivity index (χ2v) is 4.91. The zero-order chi connectivity index (χ0) is 15.8. The Morgan fingerprint density at radius 1 is 1.23 bits per heavy atom. The normalized spacial score (nSPS) is 11.7. The van der Waals surface area contributed by atoms with Crippen molar-refractivity contribution >= 4 is 11.9 Å². The summed E-state index contributed by atoms with van der Waals surface area (Å²) in [6.07, 6.45) is 4.31. The van der Waals surface area contributed by atoms with Gasteiger partial charge < -0.3 is 10.6 Å². The third kappa shape index (κ3) is 4.80. The van der Waals surface area contributed by atoms with Crippen molar-refractivity contribution in [2.24, 2.45) is 0 Å². The molecule has 116 valence electrons. The smallest absolute Gasteiger partial charge is 0.222 e. The highest BCUT2D eigenvalue weighted by Crippen LogP contribution is 2.16. The van der Waals surface area contributed by atoms with Crippen LogP contribution in [0.1, 0.15) is 31.4 Å². The van der Waals surface area contributed by atoms with Gasteiger partial charge in [-0.05, 0) is 25.5 Å². The lowest BCUT2D eigenvalue weighted by Gasteiger charge is -2.15. The van der Waals surface area contributed by atoms with Gasteiger partial charge in [0, 0.05) is 30.9 Å². The second-order valence-electron chi connectivity index (χ2n) is 4.91. The van der Waals surface area contributed by atoms with Crippen molar-refractivity contribution in [1.82, 2.24) is 15.3 Å². The first-order chi connectivity index (χ1) is 10.7. The SMILES string of the molecule is C[C@@H](NC(=O)CCCNc1ncccn1)c1ccccc1F. The van der Waals surface area contributed by atoms with Gasteiger partial charge in [0.1, 0.15) is 5.82 Å². The molecular formula is C16H19FN4O. The summed E-state index contributed by atoms with van der Waals surface area (Å²) in [7, 11) is 0. The lowest BCUT2D eigenvalue weighted by Crippen LogP contribution is -2.27. The first-order valence-electron chi connectivity index (χ1n) is 7.21. The van der Waals surface area contributed by atoms with E-state index in [1.165, 1.54) is 6.07 Å². The fourth-order valence-corrected chi connectivity index (χ4v) is 2.06. The van der Waals surface area contributed by atoms with Crippen LogP contribution in [0.2, 0.25) is 0 Å². The van der Waals surface area contributed by atoms with Crippen LogP contribution in [0, 0.1) is 5.82 Å². The highest BCUT2D eigenvalue weighted by molar-refractivity contribution is 5.76. The number of carbonyl (C=O) groups excluding carboxylic acids is 1. The van der Waals surface area contributed by atoms with E-state index in [0.29, 0.717) is 30.9 Å². The van der Waals surface area contributed by atoms with E-state index in [1.54, 1.807) is 43.6 Å². The summed E-state index contributed by atoms with van der Waals surface area (Å²) in [4.78, 5) is 19.9. The van der Waals surface area contributed by atoms with Crippen LogP contribution in [0.4, 0.5) is 10.3 Å². The van der Waals surface area contributed by atoms with Crippen LogP contribution in [0.15, 0.2) is 42.7 Å². The van der Waals surface area contributed by atoms with Crippen LogP contribution in [0.25, 0.3) is 0 Å². The van der Waals surface area contributed by atoms with E-state index < -0.39 is 0 Å². The van der Waals surface area contributed by atoms with Gasteiger partial charge in [-0.25, -0.2) is 14.4 Å². The molecule has 0 spiro atoms. The minimum Gasteiger partial charge on any atom is -0.354 e. The Hall–Kier alpha value is -2.50. The minimum atomic E-state index is -0.348. The maximum absolute atomic E-state index is 13.6. The van der Waals surface area contributed by atoms with Gasteiger partial charge >= 0.3 is 0 Å². The maximum Gasteiger partial charge on any atom is 0.222 e. The molecule has 5 nitrogen and oxygen atoms in total. The van der Waals surface area contributed by atoms with Gasteiger partial charge in [0.25, 0.3) is 0 Å². The van der Waals surface area contributed by atoms with Crippen LogP contribution in [-0.4, -0.2) is 22.4 Å². The Bertz CT molecular complexity index is 606. The number of amides is 1.